The van der Waals surface area contributed by atoms with Gasteiger partial charge in [-0.1, -0.05) is 63.2 Å². The molecular formula is C54H57F4N7O6S2. The number of nitrogens with zero attached hydrogens (tertiary/aromatic N) is 5. The smallest absolute Gasteiger partial charge is 0.417 e. The maximum Gasteiger partial charge on any atom is 0.417 e. The molecule has 0 aliphatic carbocycles. The first kappa shape index (κ1) is 54.0. The number of hydrogen-bond acceptors (Lipinski definition) is 10. The van der Waals surface area contributed by atoms with E-state index in [1.807, 2.05) is 64.4 Å². The molecule has 7 rings (SSSR count). The molecule has 73 heavy (non-hydrogen) atoms. The Labute approximate surface area is 431 Å². The highest BCUT2D eigenvalue weighted by Crippen LogP contribution is 2.41. The summed E-state index contributed by atoms with van der Waals surface area (Å²) in [5.74, 6) is -1.82. The number of likely N-dealkylation sites (tertiary alicyclic amines) is 1. The lowest BCUT2D eigenvalue weighted by molar-refractivity contribution is -0.144. The van der Waals surface area contributed by atoms with Crippen molar-refractivity contribution in [2.24, 2.45) is 5.41 Å². The van der Waals surface area contributed by atoms with Crippen LogP contribution < -0.4 is 25.2 Å². The van der Waals surface area contributed by atoms with Crippen LogP contribution in [0.2, 0.25) is 0 Å². The second-order valence-corrected chi connectivity index (χ2v) is 20.9. The molecule has 0 saturated carbocycles. The molecule has 4 aromatic carbocycles. The average molecular weight is 1040 g/mol. The fourth-order valence-electron chi connectivity index (χ4n) is 8.92. The largest absolute Gasteiger partial charge is 0.494 e. The fourth-order valence-corrected chi connectivity index (χ4v) is 10.2. The Morgan fingerprint density at radius 2 is 1.62 bits per heavy atom. The van der Waals surface area contributed by atoms with Gasteiger partial charge in [0.1, 0.15) is 35.8 Å². The van der Waals surface area contributed by atoms with E-state index in [0.29, 0.717) is 61.8 Å². The van der Waals surface area contributed by atoms with E-state index in [9.17, 15) is 37.6 Å². The van der Waals surface area contributed by atoms with Gasteiger partial charge in [0.2, 0.25) is 17.7 Å². The zero-order valence-corrected chi connectivity index (χ0v) is 43.2. The molecule has 2 fully saturated rings. The quantitative estimate of drug-likeness (QED) is 0.0522. The number of anilines is 2. The van der Waals surface area contributed by atoms with Crippen molar-refractivity contribution in [3.8, 4) is 33.4 Å². The highest BCUT2D eigenvalue weighted by molar-refractivity contribution is 7.81. The molecule has 3 heterocycles. The summed E-state index contributed by atoms with van der Waals surface area (Å²) in [6, 6.07) is 21.9. The molecule has 19 heteroatoms. The van der Waals surface area contributed by atoms with Gasteiger partial charge in [-0.3, -0.25) is 24.1 Å². The monoisotopic (exact) mass is 1040 g/mol. The summed E-state index contributed by atoms with van der Waals surface area (Å²) in [5, 5.41) is 15.0. The fraction of sp³-hybridized carbons (Fsp3) is 0.389. The number of thiocarbonyl (C=S) groups is 1. The Hall–Kier alpha value is -6.75. The van der Waals surface area contributed by atoms with E-state index in [2.05, 4.69) is 15.6 Å². The summed E-state index contributed by atoms with van der Waals surface area (Å²) in [7, 11) is 0. The first-order valence-corrected chi connectivity index (χ1v) is 25.1. The molecular weight excluding hydrogens is 983 g/mol. The van der Waals surface area contributed by atoms with Crippen molar-refractivity contribution < 1.29 is 46.2 Å². The summed E-state index contributed by atoms with van der Waals surface area (Å²) in [6.07, 6.45) is -2.49. The number of unbranched alkanes of at least 4 members (excludes halogenated alkanes) is 1. The molecule has 0 spiro atoms. The van der Waals surface area contributed by atoms with Gasteiger partial charge >= 0.3 is 6.18 Å². The van der Waals surface area contributed by atoms with Crippen molar-refractivity contribution >= 4 is 63.7 Å². The summed E-state index contributed by atoms with van der Waals surface area (Å²) >= 11 is 7.15. The van der Waals surface area contributed by atoms with Crippen molar-refractivity contribution in [1.82, 2.24) is 20.5 Å². The Bertz CT molecular complexity index is 2910. The van der Waals surface area contributed by atoms with Gasteiger partial charge in [-0.25, -0.2) is 9.37 Å². The molecule has 2 N–H and O–H groups in total. The molecule has 1 unspecified atom stereocenters. The van der Waals surface area contributed by atoms with Gasteiger partial charge in [-0.2, -0.15) is 18.4 Å². The van der Waals surface area contributed by atoms with Crippen LogP contribution >= 0.6 is 23.6 Å². The van der Waals surface area contributed by atoms with Crippen molar-refractivity contribution in [1.29, 1.82) is 5.26 Å². The number of rotatable bonds is 17. The number of alkyl halides is 3. The Morgan fingerprint density at radius 1 is 0.945 bits per heavy atom. The summed E-state index contributed by atoms with van der Waals surface area (Å²) in [6.45, 7) is 13.2. The SMILES string of the molecule is Cc1ncsc1-c1ccc([C@H](C)NC(=O)[C@@H]2CCCN2C(=O)C(NC(=O)COCCCCOc2ccc(-c3ccc(N4C(=S)N(c5ccc(C#N)c(C(F)(F)F)c5)C(=O)C4(C)C)c(F)c3)cc2)C(C)(C)C)cc1. The molecule has 1 aromatic heterocycles. The van der Waals surface area contributed by atoms with Gasteiger partial charge < -0.3 is 29.9 Å². The number of ether oxygens (including phenoxy) is 2. The normalized spacial score (nSPS) is 16.6. The summed E-state index contributed by atoms with van der Waals surface area (Å²) < 4.78 is 68.8. The standard InChI is InChI=1S/C54H57F4N7O6S2/c1-32(34-12-14-36(15-13-34)46-33(2)60-31-73-46)61-48(67)44-11-10-24-63(44)49(68)47(52(3,4)5)62-45(66)30-70-25-8-9-26-71-40-21-17-35(18-22-40)37-19-23-43(42(55)27-37)65-51(72)64(50(69)53(65,6)7)39-20-16-38(29-59)41(28-39)54(56,57)58/h12-23,27-28,31-32,44,47H,8-11,24-26,30H2,1-7H3,(H,61,67)(H,62,66)/t32-,44-,47?/m0/s1. The minimum atomic E-state index is -4.86. The van der Waals surface area contributed by atoms with Crippen LogP contribution in [0.3, 0.4) is 0 Å². The van der Waals surface area contributed by atoms with E-state index < -0.39 is 58.0 Å². The zero-order valence-electron chi connectivity index (χ0n) is 41.6. The van der Waals surface area contributed by atoms with Gasteiger partial charge in [0.15, 0.2) is 5.11 Å². The van der Waals surface area contributed by atoms with Crippen LogP contribution in [0.5, 0.6) is 5.75 Å². The molecule has 5 aromatic rings. The van der Waals surface area contributed by atoms with Crippen LogP contribution in [0.15, 0.2) is 90.4 Å². The number of aromatic nitrogens is 1. The number of carbonyl (C=O) groups excluding carboxylic acids is 4. The number of halogens is 4. The maximum absolute atomic E-state index is 15.9. The van der Waals surface area contributed by atoms with E-state index in [1.165, 1.54) is 43.0 Å². The molecule has 13 nitrogen and oxygen atoms in total. The number of carbonyl (C=O) groups is 4. The Kier molecular flexibility index (Phi) is 16.4. The van der Waals surface area contributed by atoms with Gasteiger partial charge in [0, 0.05) is 13.2 Å². The predicted octanol–water partition coefficient (Wildman–Crippen LogP) is 10.3. The topological polar surface area (TPSA) is 157 Å². The van der Waals surface area contributed by atoms with Gasteiger partial charge in [0.25, 0.3) is 5.91 Å². The molecule has 3 atom stereocenters. The third-order valence-corrected chi connectivity index (χ3v) is 14.3. The minimum absolute atomic E-state index is 0.0473. The van der Waals surface area contributed by atoms with Crippen molar-refractivity contribution in [2.75, 3.05) is 36.2 Å². The van der Waals surface area contributed by atoms with Gasteiger partial charge in [-0.05, 0) is 136 Å². The number of aryl methyl sites for hydroxylation is 1. The second-order valence-electron chi connectivity index (χ2n) is 19.6. The number of nitriles is 1. The third kappa shape index (κ3) is 12.0. The lowest BCUT2D eigenvalue weighted by Crippen LogP contribution is -2.58. The van der Waals surface area contributed by atoms with Crippen LogP contribution in [0.4, 0.5) is 28.9 Å². The summed E-state index contributed by atoms with van der Waals surface area (Å²) in [5.41, 5.74) is 1.75. The van der Waals surface area contributed by atoms with Crippen molar-refractivity contribution in [3.63, 3.8) is 0 Å². The summed E-state index contributed by atoms with van der Waals surface area (Å²) in [4.78, 5) is 63.6. The number of hydrogen-bond donors (Lipinski definition) is 2. The Morgan fingerprint density at radius 3 is 2.25 bits per heavy atom. The minimum Gasteiger partial charge on any atom is -0.494 e. The van der Waals surface area contributed by atoms with Crippen LogP contribution in [0.1, 0.15) is 95.7 Å². The first-order chi connectivity index (χ1) is 34.5. The molecule has 2 aliphatic heterocycles. The molecule has 0 radical (unpaired) electrons. The number of thiazole rings is 1. The maximum atomic E-state index is 15.9. The van der Waals surface area contributed by atoms with Crippen molar-refractivity contribution in [3.05, 3.63) is 119 Å². The lowest BCUT2D eigenvalue weighted by atomic mass is 9.85. The number of amides is 4. The van der Waals surface area contributed by atoms with Gasteiger partial charge in [-0.15, -0.1) is 11.3 Å². The third-order valence-electron chi connectivity index (χ3n) is 13.0. The molecule has 2 saturated heterocycles. The Balaban J connectivity index is 0.851. The van der Waals surface area contributed by atoms with E-state index in [4.69, 9.17) is 21.7 Å². The van der Waals surface area contributed by atoms with Gasteiger partial charge in [0.05, 0.1) is 57.3 Å². The van der Waals surface area contributed by atoms with E-state index in [1.54, 1.807) is 46.6 Å². The van der Waals surface area contributed by atoms with E-state index in [0.717, 1.165) is 32.7 Å². The molecule has 2 aliphatic rings. The molecule has 0 bridgehead atoms. The van der Waals surface area contributed by atoms with Crippen LogP contribution in [-0.2, 0) is 30.1 Å². The highest BCUT2D eigenvalue weighted by atomic mass is 32.1. The number of nitrogens with one attached hydrogen (secondary N) is 2. The highest BCUT2D eigenvalue weighted by Gasteiger charge is 2.51. The lowest BCUT2D eigenvalue weighted by Gasteiger charge is -2.35. The molecule has 384 valence electrons. The van der Waals surface area contributed by atoms with Crippen LogP contribution in [0, 0.1) is 29.5 Å². The molecule has 4 amide bonds. The first-order valence-electron chi connectivity index (χ1n) is 23.8. The average Bonchev–Trinajstić information content (AvgIpc) is 4.06. The number of benzene rings is 4. The second kappa shape index (κ2) is 22.2. The van der Waals surface area contributed by atoms with E-state index in [-0.39, 0.29) is 47.6 Å². The van der Waals surface area contributed by atoms with Crippen molar-refractivity contribution in [2.45, 2.75) is 104 Å². The predicted molar refractivity (Wildman–Crippen MR) is 275 cm³/mol. The van der Waals surface area contributed by atoms with Crippen LogP contribution in [-0.4, -0.2) is 82.6 Å². The van der Waals surface area contributed by atoms with E-state index >= 15 is 4.39 Å². The zero-order chi connectivity index (χ0) is 53.0. The van der Waals surface area contributed by atoms with Crippen LogP contribution in [0.25, 0.3) is 21.6 Å².